The van der Waals surface area contributed by atoms with Gasteiger partial charge in [-0.05, 0) is 25.0 Å². The minimum absolute atomic E-state index is 0.319. The molecule has 0 saturated carbocycles. The van der Waals surface area contributed by atoms with Crippen LogP contribution in [0.2, 0.25) is 0 Å². The van der Waals surface area contributed by atoms with Gasteiger partial charge in [0.25, 0.3) is 0 Å². The number of hydrogen-bond acceptors (Lipinski definition) is 4. The monoisotopic (exact) mass is 280 g/mol. The molecular formula is C14H20N2O4. The standard InChI is InChI=1S/C14H20N2O4/c17-13(16-19)10-6-1-2-7-11-15-14(18)20-12-8-4-3-5-9-12/h3-5,8-9,19H,1-2,6-7,10-11H2,(H,15,18)(H,16,17). The zero-order chi connectivity index (χ0) is 14.6. The van der Waals surface area contributed by atoms with Gasteiger partial charge in [-0.15, -0.1) is 0 Å². The Labute approximate surface area is 118 Å². The van der Waals surface area contributed by atoms with E-state index in [1.54, 1.807) is 29.7 Å². The first-order chi connectivity index (χ1) is 9.72. The highest BCUT2D eigenvalue weighted by Crippen LogP contribution is 2.08. The van der Waals surface area contributed by atoms with E-state index in [2.05, 4.69) is 5.32 Å². The predicted molar refractivity (Wildman–Crippen MR) is 73.5 cm³/mol. The van der Waals surface area contributed by atoms with Crippen LogP contribution in [0.5, 0.6) is 5.75 Å². The van der Waals surface area contributed by atoms with Gasteiger partial charge in [0, 0.05) is 13.0 Å². The second-order valence-electron chi connectivity index (χ2n) is 4.33. The summed E-state index contributed by atoms with van der Waals surface area (Å²) in [4.78, 5) is 22.1. The molecule has 0 aliphatic carbocycles. The minimum atomic E-state index is -0.462. The van der Waals surface area contributed by atoms with Crippen molar-refractivity contribution in [3.63, 3.8) is 0 Å². The average Bonchev–Trinajstić information content (AvgIpc) is 2.47. The van der Waals surface area contributed by atoms with Gasteiger partial charge in [0.1, 0.15) is 5.75 Å². The molecule has 20 heavy (non-hydrogen) atoms. The molecule has 0 aromatic heterocycles. The molecule has 0 fully saturated rings. The van der Waals surface area contributed by atoms with Crippen molar-refractivity contribution in [1.82, 2.24) is 10.8 Å². The Morgan fingerprint density at radius 3 is 2.45 bits per heavy atom. The summed E-state index contributed by atoms with van der Waals surface area (Å²) in [7, 11) is 0. The van der Waals surface area contributed by atoms with E-state index in [4.69, 9.17) is 9.94 Å². The Bertz CT molecular complexity index is 409. The smallest absolute Gasteiger partial charge is 0.410 e. The van der Waals surface area contributed by atoms with Gasteiger partial charge >= 0.3 is 6.09 Å². The van der Waals surface area contributed by atoms with E-state index >= 15 is 0 Å². The third-order valence-electron chi connectivity index (χ3n) is 2.68. The first-order valence-electron chi connectivity index (χ1n) is 6.66. The van der Waals surface area contributed by atoms with Gasteiger partial charge in [0.05, 0.1) is 0 Å². The molecule has 0 atom stereocenters. The molecule has 110 valence electrons. The van der Waals surface area contributed by atoms with Crippen LogP contribution in [-0.2, 0) is 4.79 Å². The molecule has 0 saturated heterocycles. The predicted octanol–water partition coefficient (Wildman–Crippen LogP) is 2.23. The lowest BCUT2D eigenvalue weighted by Gasteiger charge is -2.06. The van der Waals surface area contributed by atoms with E-state index in [1.165, 1.54) is 0 Å². The summed E-state index contributed by atoms with van der Waals surface area (Å²) < 4.78 is 5.06. The van der Waals surface area contributed by atoms with Crippen LogP contribution in [0.1, 0.15) is 32.1 Å². The SMILES string of the molecule is O=C(CCCCCCNC(=O)Oc1ccccc1)NO. The van der Waals surface area contributed by atoms with Crippen LogP contribution in [0.25, 0.3) is 0 Å². The summed E-state index contributed by atoms with van der Waals surface area (Å²) in [6.45, 7) is 0.540. The number of carbonyl (C=O) groups is 2. The molecule has 0 aliphatic heterocycles. The van der Waals surface area contributed by atoms with Crippen LogP contribution in [0, 0.1) is 0 Å². The second-order valence-corrected chi connectivity index (χ2v) is 4.33. The van der Waals surface area contributed by atoms with E-state index in [-0.39, 0.29) is 5.91 Å². The molecule has 2 amide bonds. The normalized spacial score (nSPS) is 9.85. The zero-order valence-electron chi connectivity index (χ0n) is 11.3. The fraction of sp³-hybridized carbons (Fsp3) is 0.429. The van der Waals surface area contributed by atoms with Gasteiger partial charge in [0.2, 0.25) is 5.91 Å². The number of amides is 2. The lowest BCUT2D eigenvalue weighted by molar-refractivity contribution is -0.129. The molecule has 0 unspecified atom stereocenters. The fourth-order valence-electron chi connectivity index (χ4n) is 1.64. The summed E-state index contributed by atoms with van der Waals surface area (Å²) in [5.74, 6) is 0.148. The van der Waals surface area contributed by atoms with Crippen molar-refractivity contribution in [3.8, 4) is 5.75 Å². The number of carbonyl (C=O) groups excluding carboxylic acids is 2. The lowest BCUT2D eigenvalue weighted by Crippen LogP contribution is -2.27. The highest BCUT2D eigenvalue weighted by molar-refractivity contribution is 5.74. The van der Waals surface area contributed by atoms with Crippen molar-refractivity contribution in [2.45, 2.75) is 32.1 Å². The minimum Gasteiger partial charge on any atom is -0.410 e. The highest BCUT2D eigenvalue weighted by Gasteiger charge is 2.02. The summed E-state index contributed by atoms with van der Waals surface area (Å²) in [5.41, 5.74) is 1.59. The Balaban J connectivity index is 1.98. The van der Waals surface area contributed by atoms with Crippen LogP contribution in [0.3, 0.4) is 0 Å². The molecular weight excluding hydrogens is 260 g/mol. The summed E-state index contributed by atoms with van der Waals surface area (Å²) in [6, 6.07) is 8.87. The third kappa shape index (κ3) is 7.38. The molecule has 1 rings (SSSR count). The van der Waals surface area contributed by atoms with Crippen LogP contribution in [0.4, 0.5) is 4.79 Å². The maximum absolute atomic E-state index is 11.4. The quantitative estimate of drug-likeness (QED) is 0.387. The summed E-state index contributed by atoms with van der Waals surface area (Å²) in [5, 5.41) is 11.0. The molecule has 0 spiro atoms. The van der Waals surface area contributed by atoms with E-state index < -0.39 is 6.09 Å². The number of unbranched alkanes of at least 4 members (excludes halogenated alkanes) is 3. The Kier molecular flexibility index (Phi) is 7.83. The zero-order valence-corrected chi connectivity index (χ0v) is 11.3. The van der Waals surface area contributed by atoms with E-state index in [9.17, 15) is 9.59 Å². The van der Waals surface area contributed by atoms with E-state index in [1.807, 2.05) is 6.07 Å². The maximum Gasteiger partial charge on any atom is 0.412 e. The second kappa shape index (κ2) is 9.80. The maximum atomic E-state index is 11.4. The lowest BCUT2D eigenvalue weighted by atomic mass is 10.1. The molecule has 0 bridgehead atoms. The molecule has 1 aromatic rings. The van der Waals surface area contributed by atoms with Crippen molar-refractivity contribution in [3.05, 3.63) is 30.3 Å². The first kappa shape index (κ1) is 16.0. The van der Waals surface area contributed by atoms with E-state index in [0.717, 1.165) is 25.7 Å². The average molecular weight is 280 g/mol. The number of benzene rings is 1. The first-order valence-corrected chi connectivity index (χ1v) is 6.66. The van der Waals surface area contributed by atoms with Crippen LogP contribution in [0.15, 0.2) is 30.3 Å². The van der Waals surface area contributed by atoms with Gasteiger partial charge < -0.3 is 10.1 Å². The molecule has 0 radical (unpaired) electrons. The Hall–Kier alpha value is -2.08. The summed E-state index contributed by atoms with van der Waals surface area (Å²) in [6.07, 6.45) is 3.19. The van der Waals surface area contributed by atoms with Gasteiger partial charge in [-0.3, -0.25) is 10.0 Å². The van der Waals surface area contributed by atoms with Crippen LogP contribution < -0.4 is 15.5 Å². The van der Waals surface area contributed by atoms with Crippen molar-refractivity contribution in [2.75, 3.05) is 6.54 Å². The molecule has 6 heteroatoms. The molecule has 0 heterocycles. The topological polar surface area (TPSA) is 87.7 Å². The van der Waals surface area contributed by atoms with Crippen LogP contribution >= 0.6 is 0 Å². The Morgan fingerprint density at radius 1 is 1.05 bits per heavy atom. The molecule has 1 aromatic carbocycles. The number of para-hydroxylation sites is 1. The van der Waals surface area contributed by atoms with Crippen molar-refractivity contribution in [1.29, 1.82) is 0 Å². The molecule has 3 N–H and O–H groups in total. The largest absolute Gasteiger partial charge is 0.412 e. The number of rotatable bonds is 8. The summed E-state index contributed by atoms with van der Waals surface area (Å²) >= 11 is 0. The number of nitrogens with one attached hydrogen (secondary N) is 2. The van der Waals surface area contributed by atoms with Crippen molar-refractivity contribution in [2.24, 2.45) is 0 Å². The highest BCUT2D eigenvalue weighted by atomic mass is 16.6. The number of hydroxylamine groups is 1. The third-order valence-corrected chi connectivity index (χ3v) is 2.68. The van der Waals surface area contributed by atoms with Crippen molar-refractivity contribution >= 4 is 12.0 Å². The molecule has 0 aliphatic rings. The van der Waals surface area contributed by atoms with Gasteiger partial charge in [0.15, 0.2) is 0 Å². The Morgan fingerprint density at radius 2 is 1.75 bits per heavy atom. The number of hydrogen-bond donors (Lipinski definition) is 3. The van der Waals surface area contributed by atoms with Gasteiger partial charge in [-0.2, -0.15) is 0 Å². The van der Waals surface area contributed by atoms with Gasteiger partial charge in [-0.1, -0.05) is 31.0 Å². The van der Waals surface area contributed by atoms with E-state index in [0.29, 0.717) is 18.7 Å². The van der Waals surface area contributed by atoms with Crippen molar-refractivity contribution < 1.29 is 19.5 Å². The number of ether oxygens (including phenoxy) is 1. The fourth-order valence-corrected chi connectivity index (χ4v) is 1.64. The van der Waals surface area contributed by atoms with Crippen LogP contribution in [-0.4, -0.2) is 23.8 Å². The molecule has 6 nitrogen and oxygen atoms in total. The van der Waals surface area contributed by atoms with Gasteiger partial charge in [-0.25, -0.2) is 10.3 Å².